The molecule has 1 aliphatic heterocycles. The Balaban J connectivity index is 1.36. The molecular formula is C16H16FN5O3. The van der Waals surface area contributed by atoms with Gasteiger partial charge in [-0.2, -0.15) is 9.37 Å². The van der Waals surface area contributed by atoms with E-state index in [1.807, 2.05) is 0 Å². The second-order valence-electron chi connectivity index (χ2n) is 5.74. The summed E-state index contributed by atoms with van der Waals surface area (Å²) in [7, 11) is 0. The van der Waals surface area contributed by atoms with Gasteiger partial charge in [-0.05, 0) is 25.0 Å². The molecule has 4 heterocycles. The van der Waals surface area contributed by atoms with Gasteiger partial charge in [0.05, 0.1) is 0 Å². The lowest BCUT2D eigenvalue weighted by Crippen LogP contribution is -2.27. The van der Waals surface area contributed by atoms with E-state index in [4.69, 9.17) is 9.26 Å². The van der Waals surface area contributed by atoms with Crippen LogP contribution in [0.15, 0.2) is 28.9 Å². The summed E-state index contributed by atoms with van der Waals surface area (Å²) in [6.45, 7) is 0.944. The summed E-state index contributed by atoms with van der Waals surface area (Å²) < 4.78 is 26.1. The maximum absolute atomic E-state index is 14.2. The summed E-state index contributed by atoms with van der Waals surface area (Å²) in [4.78, 5) is 20.4. The molecule has 1 aliphatic rings. The van der Waals surface area contributed by atoms with Crippen LogP contribution in [0, 0.1) is 5.95 Å². The van der Waals surface area contributed by atoms with Gasteiger partial charge >= 0.3 is 0 Å². The van der Waals surface area contributed by atoms with E-state index in [1.165, 1.54) is 10.6 Å². The number of amides is 1. The number of rotatable bonds is 5. The Morgan fingerprint density at radius 2 is 2.32 bits per heavy atom. The van der Waals surface area contributed by atoms with Gasteiger partial charge in [-0.3, -0.25) is 9.20 Å². The average Bonchev–Trinajstić information content (AvgIpc) is 3.35. The average molecular weight is 345 g/mol. The number of carbonyl (C=O) groups is 1. The molecule has 3 aromatic rings. The van der Waals surface area contributed by atoms with Crippen LogP contribution >= 0.6 is 0 Å². The third-order valence-corrected chi connectivity index (χ3v) is 4.01. The highest BCUT2D eigenvalue weighted by atomic mass is 19.1. The first-order valence-electron chi connectivity index (χ1n) is 8.07. The maximum atomic E-state index is 14.2. The quantitative estimate of drug-likeness (QED) is 0.756. The van der Waals surface area contributed by atoms with Gasteiger partial charge < -0.3 is 14.6 Å². The van der Waals surface area contributed by atoms with E-state index in [2.05, 4.69) is 20.4 Å². The summed E-state index contributed by atoms with van der Waals surface area (Å²) in [5.41, 5.74) is 0.142. The monoisotopic (exact) mass is 345 g/mol. The van der Waals surface area contributed by atoms with Gasteiger partial charge in [-0.25, -0.2) is 4.98 Å². The molecular weight excluding hydrogens is 329 g/mol. The number of fused-ring (bicyclic) bond motifs is 1. The third-order valence-electron chi connectivity index (χ3n) is 4.01. The predicted molar refractivity (Wildman–Crippen MR) is 83.4 cm³/mol. The van der Waals surface area contributed by atoms with Crippen LogP contribution in [0.3, 0.4) is 0 Å². The number of carbonyl (C=O) groups excluding carboxylic acids is 1. The molecule has 0 radical (unpaired) electrons. The molecule has 130 valence electrons. The van der Waals surface area contributed by atoms with E-state index in [0.29, 0.717) is 30.4 Å². The van der Waals surface area contributed by atoms with Gasteiger partial charge in [-0.15, -0.1) is 0 Å². The van der Waals surface area contributed by atoms with Gasteiger partial charge in [0.25, 0.3) is 11.8 Å². The van der Waals surface area contributed by atoms with Crippen molar-refractivity contribution >= 4 is 11.6 Å². The Kier molecular flexibility index (Phi) is 4.14. The largest absolute Gasteiger partial charge is 0.368 e. The summed E-state index contributed by atoms with van der Waals surface area (Å²) in [6, 6.07) is 5.03. The fourth-order valence-electron chi connectivity index (χ4n) is 2.75. The van der Waals surface area contributed by atoms with E-state index in [9.17, 15) is 9.18 Å². The number of hydrogen-bond acceptors (Lipinski definition) is 6. The van der Waals surface area contributed by atoms with Gasteiger partial charge in [-0.1, -0.05) is 11.2 Å². The van der Waals surface area contributed by atoms with Crippen molar-refractivity contribution in [2.24, 2.45) is 0 Å². The van der Waals surface area contributed by atoms with Crippen LogP contribution in [0.1, 0.15) is 41.1 Å². The van der Waals surface area contributed by atoms with E-state index < -0.39 is 11.9 Å². The van der Waals surface area contributed by atoms with E-state index >= 15 is 0 Å². The Morgan fingerprint density at radius 1 is 1.40 bits per heavy atom. The second-order valence-corrected chi connectivity index (χ2v) is 5.74. The van der Waals surface area contributed by atoms with Gasteiger partial charge in [0.15, 0.2) is 11.5 Å². The Hall–Kier alpha value is -2.81. The van der Waals surface area contributed by atoms with Gasteiger partial charge in [0.2, 0.25) is 5.95 Å². The maximum Gasteiger partial charge on any atom is 0.274 e. The van der Waals surface area contributed by atoms with Crippen molar-refractivity contribution in [3.8, 4) is 0 Å². The smallest absolute Gasteiger partial charge is 0.274 e. The highest BCUT2D eigenvalue weighted by Crippen LogP contribution is 2.26. The van der Waals surface area contributed by atoms with Crippen LogP contribution in [0.4, 0.5) is 4.39 Å². The summed E-state index contributed by atoms with van der Waals surface area (Å²) in [5, 5.41) is 6.49. The molecule has 3 aromatic heterocycles. The lowest BCUT2D eigenvalue weighted by molar-refractivity contribution is 0.0835. The minimum atomic E-state index is -0.687. The zero-order valence-corrected chi connectivity index (χ0v) is 13.3. The number of halogens is 1. The lowest BCUT2D eigenvalue weighted by Gasteiger charge is -2.01. The van der Waals surface area contributed by atoms with Crippen LogP contribution in [0.25, 0.3) is 5.65 Å². The molecule has 0 aromatic carbocycles. The molecule has 8 nitrogen and oxygen atoms in total. The lowest BCUT2D eigenvalue weighted by atomic mass is 10.2. The van der Waals surface area contributed by atoms with E-state index in [-0.39, 0.29) is 18.3 Å². The molecule has 1 unspecified atom stereocenters. The van der Waals surface area contributed by atoms with Crippen LogP contribution in [0.2, 0.25) is 0 Å². The minimum Gasteiger partial charge on any atom is -0.368 e. The van der Waals surface area contributed by atoms with Gasteiger partial charge in [0.1, 0.15) is 11.8 Å². The number of imidazole rings is 1. The van der Waals surface area contributed by atoms with E-state index in [0.717, 1.165) is 12.8 Å². The molecule has 0 aliphatic carbocycles. The molecule has 1 N–H and O–H groups in total. The van der Waals surface area contributed by atoms with Crippen molar-refractivity contribution in [3.63, 3.8) is 0 Å². The molecule has 0 saturated carbocycles. The van der Waals surface area contributed by atoms with Crippen LogP contribution < -0.4 is 5.32 Å². The number of aromatic nitrogens is 4. The summed E-state index contributed by atoms with van der Waals surface area (Å²) in [5.74, 6) is -0.330. The van der Waals surface area contributed by atoms with Crippen molar-refractivity contribution in [1.29, 1.82) is 0 Å². The molecule has 0 spiro atoms. The van der Waals surface area contributed by atoms with Crippen molar-refractivity contribution in [1.82, 2.24) is 24.8 Å². The zero-order chi connectivity index (χ0) is 17.2. The fourth-order valence-corrected chi connectivity index (χ4v) is 2.75. The number of ether oxygens (including phenoxy) is 1. The SMILES string of the molecule is O=C(NCCc1noc(C2CCCO2)n1)c1nc2ccccn2c1F. The van der Waals surface area contributed by atoms with Crippen molar-refractivity contribution < 1.29 is 18.4 Å². The first-order chi connectivity index (χ1) is 12.2. The first kappa shape index (κ1) is 15.7. The highest BCUT2D eigenvalue weighted by Gasteiger charge is 2.24. The molecule has 9 heteroatoms. The summed E-state index contributed by atoms with van der Waals surface area (Å²) in [6.07, 6.45) is 3.59. The normalized spacial score (nSPS) is 17.2. The molecule has 1 fully saturated rings. The molecule has 1 saturated heterocycles. The second kappa shape index (κ2) is 6.60. The third kappa shape index (κ3) is 3.10. The van der Waals surface area contributed by atoms with Crippen LogP contribution in [0.5, 0.6) is 0 Å². The summed E-state index contributed by atoms with van der Waals surface area (Å²) >= 11 is 0. The molecule has 0 bridgehead atoms. The Morgan fingerprint density at radius 3 is 3.12 bits per heavy atom. The highest BCUT2D eigenvalue weighted by molar-refractivity contribution is 5.93. The molecule has 1 atom stereocenters. The standard InChI is InChI=1S/C16H16FN5O3/c17-14-13(20-12-5-1-2-8-22(12)14)15(23)18-7-6-11-19-16(25-21-11)10-4-3-9-24-10/h1-2,5,8,10H,3-4,6-7,9H2,(H,18,23). The topological polar surface area (TPSA) is 94.5 Å². The van der Waals surface area contributed by atoms with Crippen molar-refractivity contribution in [2.45, 2.75) is 25.4 Å². The Labute approximate surface area is 142 Å². The van der Waals surface area contributed by atoms with Crippen LogP contribution in [-0.4, -0.2) is 38.6 Å². The number of pyridine rings is 1. The molecule has 4 rings (SSSR count). The molecule has 25 heavy (non-hydrogen) atoms. The molecule has 1 amide bonds. The van der Waals surface area contributed by atoms with Gasteiger partial charge in [0, 0.05) is 25.8 Å². The fraction of sp³-hybridized carbons (Fsp3) is 0.375. The van der Waals surface area contributed by atoms with Crippen LogP contribution in [-0.2, 0) is 11.2 Å². The van der Waals surface area contributed by atoms with Crippen molar-refractivity contribution in [2.75, 3.05) is 13.2 Å². The predicted octanol–water partition coefficient (Wildman–Crippen LogP) is 1.68. The number of hydrogen-bond donors (Lipinski definition) is 1. The minimum absolute atomic E-state index is 0.136. The number of nitrogens with zero attached hydrogens (tertiary/aromatic N) is 4. The first-order valence-corrected chi connectivity index (χ1v) is 8.07. The zero-order valence-electron chi connectivity index (χ0n) is 13.3. The Bertz CT molecular complexity index is 900. The van der Waals surface area contributed by atoms with Crippen molar-refractivity contribution in [3.05, 3.63) is 47.8 Å². The number of nitrogens with one attached hydrogen (secondary N) is 1. The van der Waals surface area contributed by atoms with E-state index in [1.54, 1.807) is 18.2 Å².